The number of sulfonamides is 1. The number of benzene rings is 2. The summed E-state index contributed by atoms with van der Waals surface area (Å²) in [6.45, 7) is 4.42. The lowest BCUT2D eigenvalue weighted by Gasteiger charge is -2.19. The molecule has 0 radical (unpaired) electrons. The summed E-state index contributed by atoms with van der Waals surface area (Å²) in [7, 11) is -1.60. The number of aromatic nitrogens is 1. The number of hydrogen-bond acceptors (Lipinski definition) is 3. The summed E-state index contributed by atoms with van der Waals surface area (Å²) in [6, 6.07) is 16.1. The van der Waals surface area contributed by atoms with E-state index in [2.05, 4.69) is 41.3 Å². The third kappa shape index (κ3) is 4.27. The molecule has 3 rings (SSSR count). The maximum atomic E-state index is 11.4. The number of ether oxygens (including phenoxy) is 1. The van der Waals surface area contributed by atoms with E-state index in [1.165, 1.54) is 0 Å². The summed E-state index contributed by atoms with van der Waals surface area (Å²) in [5.41, 5.74) is 3.87. The zero-order valence-corrected chi connectivity index (χ0v) is 17.0. The van der Waals surface area contributed by atoms with Crippen molar-refractivity contribution in [1.82, 2.24) is 4.57 Å². The number of hydrogen-bond donors (Lipinski definition) is 1. The van der Waals surface area contributed by atoms with Crippen LogP contribution in [0.2, 0.25) is 0 Å². The number of anilines is 1. The smallest absolute Gasteiger partial charge is 0.229 e. The largest absolute Gasteiger partial charge is 0.497 e. The van der Waals surface area contributed by atoms with Crippen LogP contribution in [0.4, 0.5) is 5.69 Å². The van der Waals surface area contributed by atoms with Crippen LogP contribution in [0.25, 0.3) is 22.2 Å². The monoisotopic (exact) mass is 386 g/mol. The first-order chi connectivity index (χ1) is 12.8. The van der Waals surface area contributed by atoms with E-state index in [4.69, 9.17) is 4.74 Å². The predicted octanol–water partition coefficient (Wildman–Crippen LogP) is 5.05. The molecule has 0 amide bonds. The zero-order valence-electron chi connectivity index (χ0n) is 16.2. The van der Waals surface area contributed by atoms with Crippen LogP contribution in [-0.2, 0) is 10.0 Å². The lowest BCUT2D eigenvalue weighted by molar-refractivity contribution is 0.415. The van der Waals surface area contributed by atoms with Crippen molar-refractivity contribution in [2.75, 3.05) is 18.1 Å². The van der Waals surface area contributed by atoms with Crippen molar-refractivity contribution in [3.05, 3.63) is 48.5 Å². The van der Waals surface area contributed by atoms with Crippen LogP contribution < -0.4 is 9.46 Å². The molecular formula is C21H26N2O3S. The highest BCUT2D eigenvalue weighted by atomic mass is 32.2. The number of fused-ring (bicyclic) bond motifs is 1. The van der Waals surface area contributed by atoms with Gasteiger partial charge in [0.05, 0.1) is 18.9 Å². The maximum Gasteiger partial charge on any atom is 0.229 e. The highest BCUT2D eigenvalue weighted by molar-refractivity contribution is 7.92. The third-order valence-electron chi connectivity index (χ3n) is 4.68. The molecule has 6 heteroatoms. The van der Waals surface area contributed by atoms with E-state index >= 15 is 0 Å². The Morgan fingerprint density at radius 3 is 2.41 bits per heavy atom. The lowest BCUT2D eigenvalue weighted by atomic mass is 10.1. The Balaban J connectivity index is 2.11. The average Bonchev–Trinajstić information content (AvgIpc) is 2.99. The van der Waals surface area contributed by atoms with Gasteiger partial charge in [-0.1, -0.05) is 25.5 Å². The molecule has 1 N–H and O–H groups in total. The molecule has 1 aromatic heterocycles. The third-order valence-corrected chi connectivity index (χ3v) is 5.29. The van der Waals surface area contributed by atoms with Gasteiger partial charge in [0, 0.05) is 28.9 Å². The molecular weight excluding hydrogens is 360 g/mol. The van der Waals surface area contributed by atoms with E-state index in [-0.39, 0.29) is 0 Å². The van der Waals surface area contributed by atoms with Gasteiger partial charge in [0.2, 0.25) is 10.0 Å². The first-order valence-corrected chi connectivity index (χ1v) is 11.0. The molecule has 2 aromatic carbocycles. The Kier molecular flexibility index (Phi) is 5.46. The summed E-state index contributed by atoms with van der Waals surface area (Å²) in [6.07, 6.45) is 3.32. The molecule has 0 aliphatic carbocycles. The van der Waals surface area contributed by atoms with Gasteiger partial charge in [-0.25, -0.2) is 8.42 Å². The van der Waals surface area contributed by atoms with Crippen molar-refractivity contribution < 1.29 is 13.2 Å². The van der Waals surface area contributed by atoms with E-state index in [1.807, 2.05) is 18.2 Å². The minimum absolute atomic E-state index is 0.337. The Morgan fingerprint density at radius 2 is 1.81 bits per heavy atom. The normalized spacial score (nSPS) is 12.9. The summed E-state index contributed by atoms with van der Waals surface area (Å²) >= 11 is 0. The topological polar surface area (TPSA) is 60.3 Å². The average molecular weight is 387 g/mol. The van der Waals surface area contributed by atoms with Crippen molar-refractivity contribution in [2.24, 2.45) is 0 Å². The molecule has 0 fully saturated rings. The molecule has 0 saturated carbocycles. The number of rotatable bonds is 7. The van der Waals surface area contributed by atoms with Crippen LogP contribution in [-0.4, -0.2) is 26.4 Å². The number of methoxy groups -OCH3 is 1. The van der Waals surface area contributed by atoms with Gasteiger partial charge in [0.15, 0.2) is 0 Å². The molecule has 0 aliphatic heterocycles. The molecule has 0 aliphatic rings. The highest BCUT2D eigenvalue weighted by Gasteiger charge is 2.16. The van der Waals surface area contributed by atoms with Crippen molar-refractivity contribution in [3.8, 4) is 17.0 Å². The van der Waals surface area contributed by atoms with Gasteiger partial charge in [-0.3, -0.25) is 4.72 Å². The van der Waals surface area contributed by atoms with Crippen molar-refractivity contribution in [1.29, 1.82) is 0 Å². The SMILES string of the molecule is CCCC(C)n1c(-c2ccc(NS(C)(=O)=O)cc2)cc2ccc(OC)cc21. The van der Waals surface area contributed by atoms with Gasteiger partial charge in [-0.15, -0.1) is 0 Å². The number of nitrogens with zero attached hydrogens (tertiary/aromatic N) is 1. The van der Waals surface area contributed by atoms with Crippen LogP contribution in [0.15, 0.2) is 48.5 Å². The van der Waals surface area contributed by atoms with Crippen LogP contribution >= 0.6 is 0 Å². The molecule has 27 heavy (non-hydrogen) atoms. The van der Waals surface area contributed by atoms with E-state index in [0.29, 0.717) is 11.7 Å². The second-order valence-corrected chi connectivity index (χ2v) is 8.66. The quantitative estimate of drug-likeness (QED) is 0.618. The second kappa shape index (κ2) is 7.64. The van der Waals surface area contributed by atoms with Gasteiger partial charge in [-0.2, -0.15) is 0 Å². The zero-order chi connectivity index (χ0) is 19.6. The van der Waals surface area contributed by atoms with Crippen molar-refractivity contribution in [2.45, 2.75) is 32.7 Å². The van der Waals surface area contributed by atoms with Gasteiger partial charge >= 0.3 is 0 Å². The minimum atomic E-state index is -3.28. The van der Waals surface area contributed by atoms with Gasteiger partial charge in [-0.05, 0) is 49.2 Å². The Hall–Kier alpha value is -2.47. The van der Waals surface area contributed by atoms with E-state index in [1.54, 1.807) is 19.2 Å². The first-order valence-electron chi connectivity index (χ1n) is 9.09. The van der Waals surface area contributed by atoms with Crippen molar-refractivity contribution in [3.63, 3.8) is 0 Å². The second-order valence-electron chi connectivity index (χ2n) is 6.91. The molecule has 1 unspecified atom stereocenters. The van der Waals surface area contributed by atoms with Crippen LogP contribution in [0.3, 0.4) is 0 Å². The Morgan fingerprint density at radius 1 is 1.11 bits per heavy atom. The van der Waals surface area contributed by atoms with Gasteiger partial charge in [0.25, 0.3) is 0 Å². The standard InChI is InChI=1S/C21H26N2O3S/c1-5-6-15(2)23-20(13-17-9-12-19(26-3)14-21(17)23)16-7-10-18(11-8-16)22-27(4,24)25/h7-15,22H,5-6H2,1-4H3. The summed E-state index contributed by atoms with van der Waals surface area (Å²) in [5.74, 6) is 0.838. The van der Waals surface area contributed by atoms with E-state index in [0.717, 1.165) is 47.0 Å². The molecule has 1 heterocycles. The predicted molar refractivity (Wildman–Crippen MR) is 112 cm³/mol. The lowest BCUT2D eigenvalue weighted by Crippen LogP contribution is -2.09. The minimum Gasteiger partial charge on any atom is -0.497 e. The molecule has 144 valence electrons. The fourth-order valence-electron chi connectivity index (χ4n) is 3.50. The Bertz CT molecular complexity index is 1040. The summed E-state index contributed by atoms with van der Waals surface area (Å²) < 4.78 is 33.1. The van der Waals surface area contributed by atoms with Gasteiger partial charge in [0.1, 0.15) is 5.75 Å². The summed E-state index contributed by atoms with van der Waals surface area (Å²) in [4.78, 5) is 0. The fraction of sp³-hybridized carbons (Fsp3) is 0.333. The fourth-order valence-corrected chi connectivity index (χ4v) is 4.06. The number of nitrogens with one attached hydrogen (secondary N) is 1. The Labute approximate surface area is 161 Å². The van der Waals surface area contributed by atoms with E-state index < -0.39 is 10.0 Å². The van der Waals surface area contributed by atoms with Crippen LogP contribution in [0, 0.1) is 0 Å². The summed E-state index contributed by atoms with van der Waals surface area (Å²) in [5, 5.41) is 1.16. The van der Waals surface area contributed by atoms with Gasteiger partial charge < -0.3 is 9.30 Å². The molecule has 3 aromatic rings. The molecule has 0 bridgehead atoms. The van der Waals surface area contributed by atoms with Crippen LogP contribution in [0.5, 0.6) is 5.75 Å². The molecule has 1 atom stereocenters. The van der Waals surface area contributed by atoms with E-state index in [9.17, 15) is 8.42 Å². The van der Waals surface area contributed by atoms with Crippen molar-refractivity contribution >= 4 is 26.6 Å². The molecule has 5 nitrogen and oxygen atoms in total. The maximum absolute atomic E-state index is 11.4. The highest BCUT2D eigenvalue weighted by Crippen LogP contribution is 2.35. The molecule has 0 spiro atoms. The van der Waals surface area contributed by atoms with Crippen LogP contribution in [0.1, 0.15) is 32.7 Å². The first kappa shape index (κ1) is 19.3. The molecule has 0 saturated heterocycles.